The maximum Gasteiger partial charge on any atom is 0.213 e. The van der Waals surface area contributed by atoms with Gasteiger partial charge in [-0.15, -0.1) is 0 Å². The van der Waals surface area contributed by atoms with Crippen LogP contribution >= 0.6 is 0 Å². The van der Waals surface area contributed by atoms with Gasteiger partial charge < -0.3 is 14.6 Å². The first-order valence-electron chi connectivity index (χ1n) is 14.4. The van der Waals surface area contributed by atoms with Crippen molar-refractivity contribution >= 4 is 19.7 Å². The van der Waals surface area contributed by atoms with Crippen LogP contribution in [0.25, 0.3) is 11.1 Å². The molecule has 0 saturated heterocycles. The SMILES string of the molecule is Cc1cc(S(=O)(=O)c2c(C)cc(-c3cc4ccc3COc3ccccc3S(=O)(=O)c3ccccc3OC4)cc2C)cc(C)c1O. The number of hydrogen-bond donors (Lipinski definition) is 1. The minimum absolute atomic E-state index is 0.0403. The molecule has 0 radical (unpaired) electrons. The Kier molecular flexibility index (Phi) is 7.71. The zero-order valence-corrected chi connectivity index (χ0v) is 26.9. The molecule has 2 heterocycles. The molecule has 0 atom stereocenters. The van der Waals surface area contributed by atoms with Crippen molar-refractivity contribution in [1.29, 1.82) is 0 Å². The van der Waals surface area contributed by atoms with Crippen molar-refractivity contribution in [2.24, 2.45) is 0 Å². The number of aromatic hydroxyl groups is 1. The molecule has 0 aromatic heterocycles. The van der Waals surface area contributed by atoms with Crippen molar-refractivity contribution in [1.82, 2.24) is 0 Å². The molecule has 0 fully saturated rings. The fourth-order valence-corrected chi connectivity index (χ4v) is 9.25. The third-order valence-corrected chi connectivity index (χ3v) is 11.9. The van der Waals surface area contributed by atoms with Crippen LogP contribution in [0, 0.1) is 27.7 Å². The lowest BCUT2D eigenvalue weighted by molar-refractivity contribution is 0.297. The Labute approximate surface area is 263 Å². The van der Waals surface area contributed by atoms with Gasteiger partial charge >= 0.3 is 0 Å². The van der Waals surface area contributed by atoms with Crippen LogP contribution in [-0.4, -0.2) is 21.9 Å². The summed E-state index contributed by atoms with van der Waals surface area (Å²) in [5, 5.41) is 10.2. The molecule has 2 bridgehead atoms. The lowest BCUT2D eigenvalue weighted by Crippen LogP contribution is -2.08. The summed E-state index contributed by atoms with van der Waals surface area (Å²) in [7, 11) is -7.85. The first-order chi connectivity index (χ1) is 21.4. The maximum atomic E-state index is 13.9. The van der Waals surface area contributed by atoms with Crippen molar-refractivity contribution in [3.63, 3.8) is 0 Å². The molecular weight excluding hydrogens is 609 g/mol. The van der Waals surface area contributed by atoms with Gasteiger partial charge in [0.15, 0.2) is 0 Å². The van der Waals surface area contributed by atoms with Gasteiger partial charge in [0.25, 0.3) is 0 Å². The highest BCUT2D eigenvalue weighted by atomic mass is 32.2. The van der Waals surface area contributed by atoms with Gasteiger partial charge in [0, 0.05) is 0 Å². The molecule has 230 valence electrons. The van der Waals surface area contributed by atoms with Gasteiger partial charge in [0.05, 0.1) is 9.79 Å². The quantitative estimate of drug-likeness (QED) is 0.219. The summed E-state index contributed by atoms with van der Waals surface area (Å²) in [4.78, 5) is 0.438. The Balaban J connectivity index is 1.47. The fraction of sp³-hybridized carbons (Fsp3) is 0.167. The Hall–Kier alpha value is -4.60. The van der Waals surface area contributed by atoms with Crippen molar-refractivity contribution in [2.75, 3.05) is 0 Å². The van der Waals surface area contributed by atoms with Gasteiger partial charge in [-0.25, -0.2) is 16.8 Å². The third kappa shape index (κ3) is 5.47. The Bertz CT molecular complexity index is 2160. The van der Waals surface area contributed by atoms with Crippen molar-refractivity contribution in [2.45, 2.75) is 60.5 Å². The van der Waals surface area contributed by atoms with Crippen molar-refractivity contribution in [3.8, 4) is 28.4 Å². The zero-order valence-electron chi connectivity index (χ0n) is 25.3. The lowest BCUT2D eigenvalue weighted by Gasteiger charge is -2.18. The van der Waals surface area contributed by atoms with E-state index in [1.807, 2.05) is 30.3 Å². The van der Waals surface area contributed by atoms with E-state index in [1.54, 1.807) is 64.1 Å². The molecular formula is C36H32O7S2. The predicted octanol–water partition coefficient (Wildman–Crippen LogP) is 7.43. The van der Waals surface area contributed by atoms with Gasteiger partial charge in [0.2, 0.25) is 19.7 Å². The second-order valence-electron chi connectivity index (χ2n) is 11.3. The number of sulfone groups is 2. The normalized spacial score (nSPS) is 14.1. The number of para-hydroxylation sites is 2. The van der Waals surface area contributed by atoms with E-state index in [1.165, 1.54) is 24.3 Å². The number of rotatable bonds is 3. The van der Waals surface area contributed by atoms with E-state index in [9.17, 15) is 21.9 Å². The van der Waals surface area contributed by atoms with Gasteiger partial charge in [-0.2, -0.15) is 0 Å². The maximum absolute atomic E-state index is 13.9. The van der Waals surface area contributed by atoms with E-state index < -0.39 is 19.7 Å². The summed E-state index contributed by atoms with van der Waals surface area (Å²) in [5.74, 6) is 0.531. The van der Waals surface area contributed by atoms with E-state index >= 15 is 0 Å². The molecule has 0 saturated carbocycles. The topological polar surface area (TPSA) is 107 Å². The average Bonchev–Trinajstić information content (AvgIpc) is 3.02. The fourth-order valence-electron chi connectivity index (χ4n) is 5.84. The van der Waals surface area contributed by atoms with E-state index in [0.29, 0.717) is 22.3 Å². The lowest BCUT2D eigenvalue weighted by atomic mass is 9.95. The predicted molar refractivity (Wildman–Crippen MR) is 171 cm³/mol. The van der Waals surface area contributed by atoms with Crippen LogP contribution in [0.2, 0.25) is 0 Å². The van der Waals surface area contributed by atoms with Gasteiger partial charge in [-0.05, 0) is 115 Å². The van der Waals surface area contributed by atoms with Crippen LogP contribution < -0.4 is 9.47 Å². The van der Waals surface area contributed by atoms with Gasteiger partial charge in [0.1, 0.15) is 40.3 Å². The molecule has 0 aliphatic carbocycles. The van der Waals surface area contributed by atoms with Gasteiger partial charge in [-0.3, -0.25) is 0 Å². The van der Waals surface area contributed by atoms with E-state index in [0.717, 1.165) is 22.3 Å². The molecule has 0 spiro atoms. The molecule has 2 aliphatic heterocycles. The number of phenolic OH excluding ortho intramolecular Hbond substituents is 1. The molecule has 2 aliphatic rings. The molecule has 5 aromatic rings. The standard InChI is InChI=1S/C36H32O7S2/c1-22-17-29(18-23(2)35(22)37)44(38,39)36-24(3)15-28(16-25(36)4)30-19-26-13-14-27(30)21-43-32-10-6-8-12-34(32)45(40,41)33-11-7-5-9-31(33)42-20-26/h5-19,37H,20-21H2,1-4H3. The molecule has 0 unspecified atom stereocenters. The van der Waals surface area contributed by atoms with Crippen LogP contribution in [0.15, 0.2) is 111 Å². The minimum Gasteiger partial charge on any atom is -0.507 e. The largest absolute Gasteiger partial charge is 0.507 e. The molecule has 9 heteroatoms. The molecule has 1 N–H and O–H groups in total. The highest BCUT2D eigenvalue weighted by molar-refractivity contribution is 7.92. The van der Waals surface area contributed by atoms with Crippen molar-refractivity contribution < 1.29 is 31.4 Å². The number of aryl methyl sites for hydroxylation is 4. The number of benzene rings is 5. The highest BCUT2D eigenvalue weighted by Crippen LogP contribution is 2.38. The third-order valence-electron chi connectivity index (χ3n) is 8.04. The second kappa shape index (κ2) is 11.4. The molecule has 7 rings (SSSR count). The Morgan fingerprint density at radius 2 is 1.20 bits per heavy atom. The molecule has 45 heavy (non-hydrogen) atoms. The molecule has 0 amide bonds. The summed E-state index contributed by atoms with van der Waals surface area (Å²) in [6, 6.07) is 25.5. The molecule has 5 aromatic carbocycles. The Morgan fingerprint density at radius 1 is 0.667 bits per heavy atom. The van der Waals surface area contributed by atoms with Gasteiger partial charge in [-0.1, -0.05) is 48.5 Å². The summed E-state index contributed by atoms with van der Waals surface area (Å²) >= 11 is 0. The summed E-state index contributed by atoms with van der Waals surface area (Å²) in [5.41, 5.74) is 5.33. The minimum atomic E-state index is -3.96. The van der Waals surface area contributed by atoms with E-state index in [-0.39, 0.29) is 50.0 Å². The smallest absolute Gasteiger partial charge is 0.213 e. The first kappa shape index (κ1) is 30.4. The molecule has 7 nitrogen and oxygen atoms in total. The van der Waals surface area contributed by atoms with Crippen molar-refractivity contribution in [3.05, 3.63) is 124 Å². The zero-order chi connectivity index (χ0) is 32.1. The Morgan fingerprint density at radius 3 is 1.78 bits per heavy atom. The van der Waals surface area contributed by atoms with Crippen LogP contribution in [0.5, 0.6) is 17.2 Å². The average molecular weight is 641 g/mol. The van der Waals surface area contributed by atoms with Crippen LogP contribution in [0.3, 0.4) is 0 Å². The van der Waals surface area contributed by atoms with E-state index in [2.05, 4.69) is 0 Å². The number of ether oxygens (including phenoxy) is 2. The summed E-state index contributed by atoms with van der Waals surface area (Å²) < 4.78 is 67.5. The summed E-state index contributed by atoms with van der Waals surface area (Å²) in [6.07, 6.45) is 0. The van der Waals surface area contributed by atoms with Crippen LogP contribution in [-0.2, 0) is 32.9 Å². The first-order valence-corrected chi connectivity index (χ1v) is 17.3. The number of phenols is 1. The highest BCUT2D eigenvalue weighted by Gasteiger charge is 2.28. The van der Waals surface area contributed by atoms with Crippen LogP contribution in [0.4, 0.5) is 0 Å². The van der Waals surface area contributed by atoms with Crippen LogP contribution in [0.1, 0.15) is 33.4 Å². The summed E-state index contributed by atoms with van der Waals surface area (Å²) in [6.45, 7) is 7.09. The number of fused-ring (bicyclic) bond motifs is 4. The monoisotopic (exact) mass is 640 g/mol. The number of hydrogen-bond acceptors (Lipinski definition) is 7. The van der Waals surface area contributed by atoms with E-state index in [4.69, 9.17) is 9.47 Å². The second-order valence-corrected chi connectivity index (χ2v) is 15.1.